The Morgan fingerprint density at radius 2 is 2.04 bits per heavy atom. The molecule has 5 nitrogen and oxygen atoms in total. The maximum Gasteiger partial charge on any atom is 0.335 e. The molecule has 0 unspecified atom stereocenters. The quantitative estimate of drug-likeness (QED) is 0.602. The van der Waals surface area contributed by atoms with Gasteiger partial charge in [-0.25, -0.2) is 4.79 Å². The lowest BCUT2D eigenvalue weighted by atomic mass is 10.1. The molecule has 27 heavy (non-hydrogen) atoms. The number of hydrogen-bond donors (Lipinski definition) is 1. The molecular formula is C21H24BrN3O2. The third-order valence-electron chi connectivity index (χ3n) is 4.57. The van der Waals surface area contributed by atoms with Crippen LogP contribution in [0.3, 0.4) is 0 Å². The summed E-state index contributed by atoms with van der Waals surface area (Å²) in [4.78, 5) is 13.5. The standard InChI is InChI=1S/C21H24BrN3O2/c1-13(2)11-24(4)20-14(3)7-18(22)9-17(20)12-25-19-6-5-15(21(26)27)8-16(19)10-23-25/h5-10,13H,11-12H2,1-4H3,(H,26,27). The molecule has 3 rings (SSSR count). The zero-order valence-electron chi connectivity index (χ0n) is 16.0. The zero-order valence-corrected chi connectivity index (χ0v) is 17.6. The highest BCUT2D eigenvalue weighted by Gasteiger charge is 2.15. The molecule has 142 valence electrons. The van der Waals surface area contributed by atoms with Crippen LogP contribution in [0.5, 0.6) is 0 Å². The number of aryl methyl sites for hydroxylation is 1. The molecular weight excluding hydrogens is 406 g/mol. The molecule has 0 spiro atoms. The molecule has 0 aliphatic heterocycles. The number of halogens is 1. The van der Waals surface area contributed by atoms with Gasteiger partial charge in [0.15, 0.2) is 0 Å². The van der Waals surface area contributed by atoms with Gasteiger partial charge in [0.25, 0.3) is 0 Å². The van der Waals surface area contributed by atoms with Crippen molar-refractivity contribution in [1.29, 1.82) is 0 Å². The van der Waals surface area contributed by atoms with Crippen molar-refractivity contribution in [2.24, 2.45) is 5.92 Å². The summed E-state index contributed by atoms with van der Waals surface area (Å²) in [5.74, 6) is -0.365. The van der Waals surface area contributed by atoms with Gasteiger partial charge in [0.2, 0.25) is 0 Å². The molecule has 0 aliphatic rings. The summed E-state index contributed by atoms with van der Waals surface area (Å²) in [6, 6.07) is 9.39. The lowest BCUT2D eigenvalue weighted by Crippen LogP contribution is -2.25. The summed E-state index contributed by atoms with van der Waals surface area (Å²) < 4.78 is 2.97. The van der Waals surface area contributed by atoms with Crippen LogP contribution in [-0.4, -0.2) is 34.4 Å². The number of benzene rings is 2. The second kappa shape index (κ2) is 7.72. The van der Waals surface area contributed by atoms with Crippen molar-refractivity contribution in [3.05, 3.63) is 57.7 Å². The van der Waals surface area contributed by atoms with E-state index in [0.29, 0.717) is 12.5 Å². The van der Waals surface area contributed by atoms with E-state index in [-0.39, 0.29) is 5.56 Å². The average molecular weight is 430 g/mol. The Morgan fingerprint density at radius 3 is 2.70 bits per heavy atom. The summed E-state index contributed by atoms with van der Waals surface area (Å²) in [6.45, 7) is 8.14. The van der Waals surface area contributed by atoms with Crippen molar-refractivity contribution >= 4 is 38.5 Å². The maximum absolute atomic E-state index is 11.2. The molecule has 0 fully saturated rings. The first kappa shape index (κ1) is 19.4. The van der Waals surface area contributed by atoms with Crippen LogP contribution in [-0.2, 0) is 6.54 Å². The first-order valence-corrected chi connectivity index (χ1v) is 9.74. The summed E-state index contributed by atoms with van der Waals surface area (Å²) in [5, 5.41) is 14.5. The van der Waals surface area contributed by atoms with Crippen LogP contribution >= 0.6 is 15.9 Å². The Bertz CT molecular complexity index is 995. The summed E-state index contributed by atoms with van der Waals surface area (Å²) in [7, 11) is 2.13. The Balaban J connectivity index is 2.02. The fourth-order valence-corrected chi connectivity index (χ4v) is 4.24. The van der Waals surface area contributed by atoms with Gasteiger partial charge < -0.3 is 10.0 Å². The fourth-order valence-electron chi connectivity index (χ4n) is 3.62. The molecule has 1 heterocycles. The van der Waals surface area contributed by atoms with E-state index in [1.807, 2.05) is 10.7 Å². The Hall–Kier alpha value is -2.34. The van der Waals surface area contributed by atoms with Gasteiger partial charge in [-0.3, -0.25) is 4.68 Å². The number of rotatable bonds is 6. The number of aromatic nitrogens is 2. The maximum atomic E-state index is 11.2. The molecule has 0 atom stereocenters. The van der Waals surface area contributed by atoms with Crippen LogP contribution in [0.15, 0.2) is 41.0 Å². The van der Waals surface area contributed by atoms with E-state index in [1.54, 1.807) is 18.3 Å². The SMILES string of the molecule is Cc1cc(Br)cc(Cn2ncc3cc(C(=O)O)ccc32)c1N(C)CC(C)C. The number of nitrogens with zero attached hydrogens (tertiary/aromatic N) is 3. The van der Waals surface area contributed by atoms with Crippen molar-refractivity contribution in [1.82, 2.24) is 9.78 Å². The molecule has 0 saturated carbocycles. The number of hydrogen-bond acceptors (Lipinski definition) is 3. The highest BCUT2D eigenvalue weighted by molar-refractivity contribution is 9.10. The minimum absolute atomic E-state index is 0.276. The number of carbonyl (C=O) groups is 1. The summed E-state index contributed by atoms with van der Waals surface area (Å²) in [5.41, 5.74) is 4.81. The summed E-state index contributed by atoms with van der Waals surface area (Å²) >= 11 is 3.61. The lowest BCUT2D eigenvalue weighted by Gasteiger charge is -2.27. The number of carboxylic acid groups (broad SMARTS) is 1. The molecule has 3 aromatic rings. The van der Waals surface area contributed by atoms with Crippen LogP contribution < -0.4 is 4.90 Å². The monoisotopic (exact) mass is 429 g/mol. The molecule has 0 bridgehead atoms. The largest absolute Gasteiger partial charge is 0.478 e. The highest BCUT2D eigenvalue weighted by Crippen LogP contribution is 2.30. The number of anilines is 1. The van der Waals surface area contributed by atoms with Gasteiger partial charge in [-0.1, -0.05) is 29.8 Å². The number of fused-ring (bicyclic) bond motifs is 1. The lowest BCUT2D eigenvalue weighted by molar-refractivity contribution is 0.0697. The van der Waals surface area contributed by atoms with E-state index in [0.717, 1.165) is 21.9 Å². The van der Waals surface area contributed by atoms with Crippen LogP contribution in [0, 0.1) is 12.8 Å². The molecule has 1 N–H and O–H groups in total. The number of carboxylic acids is 1. The van der Waals surface area contributed by atoms with E-state index in [2.05, 4.69) is 65.9 Å². The van der Waals surface area contributed by atoms with Crippen LogP contribution in [0.4, 0.5) is 5.69 Å². The molecule has 1 aromatic heterocycles. The third kappa shape index (κ3) is 4.16. The van der Waals surface area contributed by atoms with E-state index in [9.17, 15) is 9.90 Å². The topological polar surface area (TPSA) is 58.4 Å². The van der Waals surface area contributed by atoms with Crippen molar-refractivity contribution < 1.29 is 9.90 Å². The minimum Gasteiger partial charge on any atom is -0.478 e. The third-order valence-corrected chi connectivity index (χ3v) is 5.03. The molecule has 6 heteroatoms. The Labute approximate surface area is 167 Å². The molecule has 0 aliphatic carbocycles. The number of aromatic carboxylic acids is 1. The normalized spacial score (nSPS) is 11.3. The average Bonchev–Trinajstić information content (AvgIpc) is 2.95. The minimum atomic E-state index is -0.926. The van der Waals surface area contributed by atoms with E-state index >= 15 is 0 Å². The molecule has 0 saturated heterocycles. The van der Waals surface area contributed by atoms with Crippen LogP contribution in [0.2, 0.25) is 0 Å². The fraction of sp³-hybridized carbons (Fsp3) is 0.333. The van der Waals surface area contributed by atoms with Gasteiger partial charge in [0, 0.05) is 29.1 Å². The Kier molecular flexibility index (Phi) is 5.56. The first-order valence-electron chi connectivity index (χ1n) is 8.95. The van der Waals surface area contributed by atoms with Gasteiger partial charge in [-0.05, 0) is 54.3 Å². The van der Waals surface area contributed by atoms with Gasteiger partial charge in [-0.15, -0.1) is 0 Å². The summed E-state index contributed by atoms with van der Waals surface area (Å²) in [6.07, 6.45) is 1.73. The Morgan fingerprint density at radius 1 is 1.30 bits per heavy atom. The van der Waals surface area contributed by atoms with Gasteiger partial charge >= 0.3 is 5.97 Å². The van der Waals surface area contributed by atoms with Crippen molar-refractivity contribution in [2.45, 2.75) is 27.3 Å². The van der Waals surface area contributed by atoms with Gasteiger partial charge in [0.1, 0.15) is 0 Å². The first-order chi connectivity index (χ1) is 12.8. The molecule has 2 aromatic carbocycles. The molecule has 0 amide bonds. The van der Waals surface area contributed by atoms with Crippen molar-refractivity contribution in [2.75, 3.05) is 18.5 Å². The second-order valence-corrected chi connectivity index (χ2v) is 8.30. The predicted octanol–water partition coefficient (Wildman–Crippen LogP) is 4.95. The van der Waals surface area contributed by atoms with E-state index < -0.39 is 5.97 Å². The van der Waals surface area contributed by atoms with E-state index in [4.69, 9.17) is 0 Å². The van der Waals surface area contributed by atoms with Crippen molar-refractivity contribution in [3.8, 4) is 0 Å². The van der Waals surface area contributed by atoms with Crippen LogP contribution in [0.25, 0.3) is 10.9 Å². The van der Waals surface area contributed by atoms with Crippen LogP contribution in [0.1, 0.15) is 35.3 Å². The van der Waals surface area contributed by atoms with Gasteiger partial charge in [-0.2, -0.15) is 5.10 Å². The van der Waals surface area contributed by atoms with Gasteiger partial charge in [0.05, 0.1) is 23.8 Å². The van der Waals surface area contributed by atoms with E-state index in [1.165, 1.54) is 16.8 Å². The smallest absolute Gasteiger partial charge is 0.335 e. The zero-order chi connectivity index (χ0) is 19.7. The predicted molar refractivity (Wildman–Crippen MR) is 113 cm³/mol. The highest BCUT2D eigenvalue weighted by atomic mass is 79.9. The molecule has 0 radical (unpaired) electrons. The van der Waals surface area contributed by atoms with Crippen molar-refractivity contribution in [3.63, 3.8) is 0 Å². The second-order valence-electron chi connectivity index (χ2n) is 7.39.